The second-order valence-electron chi connectivity index (χ2n) is 9.08. The fourth-order valence-corrected chi connectivity index (χ4v) is 4.99. The van der Waals surface area contributed by atoms with E-state index in [4.69, 9.17) is 14.0 Å². The lowest BCUT2D eigenvalue weighted by Crippen LogP contribution is -2.36. The predicted molar refractivity (Wildman–Crippen MR) is 116 cm³/mol. The molecule has 2 aliphatic rings. The molecule has 0 bridgehead atoms. The standard InChI is InChI=1S/C22H30FN3O5S/c1-14(2)20-24-22(31-25-20)26-8-6-15(7-9-26)10-16-12-29-21(30-13-16)17-4-5-19(18(23)11-17)32(3,27)28/h4-5,11,14-16,21H,6-10,12-13H2,1-3H3/t16-,21+. The van der Waals surface area contributed by atoms with E-state index in [0.29, 0.717) is 30.7 Å². The third-order valence-electron chi connectivity index (χ3n) is 6.09. The van der Waals surface area contributed by atoms with Crippen LogP contribution in [0, 0.1) is 17.7 Å². The van der Waals surface area contributed by atoms with Gasteiger partial charge in [0.05, 0.1) is 13.2 Å². The van der Waals surface area contributed by atoms with Crippen LogP contribution in [0.5, 0.6) is 0 Å². The van der Waals surface area contributed by atoms with Crippen molar-refractivity contribution in [3.05, 3.63) is 35.4 Å². The van der Waals surface area contributed by atoms with Crippen LogP contribution in [0.1, 0.15) is 56.7 Å². The van der Waals surface area contributed by atoms with Crippen molar-refractivity contribution in [3.63, 3.8) is 0 Å². The van der Waals surface area contributed by atoms with E-state index in [1.165, 1.54) is 12.1 Å². The number of rotatable bonds is 6. The first-order valence-electron chi connectivity index (χ1n) is 11.0. The molecular formula is C22H30FN3O5S. The van der Waals surface area contributed by atoms with Gasteiger partial charge in [-0.15, -0.1) is 0 Å². The zero-order valence-electron chi connectivity index (χ0n) is 18.7. The summed E-state index contributed by atoms with van der Waals surface area (Å²) in [5.74, 6) is 1.04. The Balaban J connectivity index is 1.25. The van der Waals surface area contributed by atoms with Crippen LogP contribution >= 0.6 is 0 Å². The molecule has 4 rings (SSSR count). The summed E-state index contributed by atoms with van der Waals surface area (Å²) in [6, 6.07) is 4.59. The van der Waals surface area contributed by atoms with Crippen LogP contribution in [0.25, 0.3) is 0 Å². The van der Waals surface area contributed by atoms with Gasteiger partial charge >= 0.3 is 6.01 Å². The topological polar surface area (TPSA) is 94.8 Å². The molecule has 3 heterocycles. The lowest BCUT2D eigenvalue weighted by atomic mass is 9.87. The average Bonchev–Trinajstić information content (AvgIpc) is 3.24. The zero-order chi connectivity index (χ0) is 22.9. The minimum absolute atomic E-state index is 0.245. The maximum absolute atomic E-state index is 14.2. The van der Waals surface area contributed by atoms with Gasteiger partial charge in [-0.25, -0.2) is 12.8 Å². The molecule has 2 aliphatic heterocycles. The van der Waals surface area contributed by atoms with Crippen LogP contribution in [0.4, 0.5) is 10.4 Å². The first kappa shape index (κ1) is 23.1. The highest BCUT2D eigenvalue weighted by molar-refractivity contribution is 7.90. The van der Waals surface area contributed by atoms with Crippen molar-refractivity contribution < 1.29 is 26.8 Å². The smallest absolute Gasteiger partial charge is 0.324 e. The minimum Gasteiger partial charge on any atom is -0.348 e. The molecule has 32 heavy (non-hydrogen) atoms. The Morgan fingerprint density at radius 1 is 1.16 bits per heavy atom. The Kier molecular flexibility index (Phi) is 6.83. The summed E-state index contributed by atoms with van der Waals surface area (Å²) in [4.78, 5) is 6.31. The van der Waals surface area contributed by atoms with E-state index < -0.39 is 21.9 Å². The normalized spacial score (nSPS) is 23.1. The van der Waals surface area contributed by atoms with Crippen molar-refractivity contribution in [2.24, 2.45) is 11.8 Å². The summed E-state index contributed by atoms with van der Waals surface area (Å²) < 4.78 is 54.4. The number of sulfone groups is 1. The SMILES string of the molecule is CC(C)c1noc(N2CCC(C[C@H]3CO[C@@H](c4ccc(S(C)(=O)=O)c(F)c4)OC3)CC2)n1. The van der Waals surface area contributed by atoms with E-state index in [1.54, 1.807) is 6.07 Å². The van der Waals surface area contributed by atoms with Crippen LogP contribution in [0.15, 0.2) is 27.6 Å². The summed E-state index contributed by atoms with van der Waals surface area (Å²) >= 11 is 0. The number of benzene rings is 1. The van der Waals surface area contributed by atoms with E-state index >= 15 is 0 Å². The molecule has 0 aliphatic carbocycles. The molecule has 176 valence electrons. The van der Waals surface area contributed by atoms with Crippen molar-refractivity contribution in [2.45, 2.75) is 50.2 Å². The van der Waals surface area contributed by atoms with Crippen molar-refractivity contribution in [1.29, 1.82) is 0 Å². The Labute approximate surface area is 188 Å². The molecule has 2 fully saturated rings. The Bertz CT molecular complexity index is 1030. The molecule has 0 spiro atoms. The van der Waals surface area contributed by atoms with E-state index in [0.717, 1.165) is 44.4 Å². The third kappa shape index (κ3) is 5.29. The number of halogens is 1. The van der Waals surface area contributed by atoms with Crippen LogP contribution in [0.3, 0.4) is 0 Å². The summed E-state index contributed by atoms with van der Waals surface area (Å²) in [6.45, 7) is 6.91. The number of anilines is 1. The number of hydrogen-bond donors (Lipinski definition) is 0. The molecule has 10 heteroatoms. The maximum atomic E-state index is 14.2. The molecule has 0 amide bonds. The number of aromatic nitrogens is 2. The van der Waals surface area contributed by atoms with E-state index in [1.807, 2.05) is 13.8 Å². The van der Waals surface area contributed by atoms with Crippen LogP contribution in [-0.4, -0.2) is 51.1 Å². The molecule has 0 atom stereocenters. The molecule has 1 aromatic heterocycles. The molecule has 2 aromatic rings. The Morgan fingerprint density at radius 2 is 1.84 bits per heavy atom. The largest absolute Gasteiger partial charge is 0.348 e. The van der Waals surface area contributed by atoms with Gasteiger partial charge in [0.25, 0.3) is 0 Å². The molecule has 2 saturated heterocycles. The van der Waals surface area contributed by atoms with Crippen LogP contribution in [0.2, 0.25) is 0 Å². The fourth-order valence-electron chi connectivity index (χ4n) is 4.26. The molecule has 1 aromatic carbocycles. The number of piperidine rings is 1. The fraction of sp³-hybridized carbons (Fsp3) is 0.636. The first-order chi connectivity index (χ1) is 15.2. The summed E-state index contributed by atoms with van der Waals surface area (Å²) in [5.41, 5.74) is 0.488. The zero-order valence-corrected chi connectivity index (χ0v) is 19.5. The highest BCUT2D eigenvalue weighted by atomic mass is 32.2. The van der Waals surface area contributed by atoms with Crippen LogP contribution in [-0.2, 0) is 19.3 Å². The van der Waals surface area contributed by atoms with Crippen molar-refractivity contribution in [2.75, 3.05) is 37.5 Å². The second-order valence-corrected chi connectivity index (χ2v) is 11.1. The minimum atomic E-state index is -3.60. The molecule has 8 nitrogen and oxygen atoms in total. The maximum Gasteiger partial charge on any atom is 0.324 e. The second kappa shape index (κ2) is 9.44. The molecule has 0 unspecified atom stereocenters. The van der Waals surface area contributed by atoms with Gasteiger partial charge in [0.15, 0.2) is 22.0 Å². The van der Waals surface area contributed by atoms with Gasteiger partial charge in [0.1, 0.15) is 10.7 Å². The Morgan fingerprint density at radius 3 is 2.41 bits per heavy atom. The quantitative estimate of drug-likeness (QED) is 0.635. The highest BCUT2D eigenvalue weighted by Crippen LogP contribution is 2.32. The summed E-state index contributed by atoms with van der Waals surface area (Å²) in [7, 11) is -3.60. The Hall–Kier alpha value is -2.04. The van der Waals surface area contributed by atoms with E-state index in [2.05, 4.69) is 15.0 Å². The van der Waals surface area contributed by atoms with Gasteiger partial charge in [-0.1, -0.05) is 25.1 Å². The third-order valence-corrected chi connectivity index (χ3v) is 7.22. The molecule has 0 radical (unpaired) electrons. The lowest BCUT2D eigenvalue weighted by molar-refractivity contribution is -0.207. The van der Waals surface area contributed by atoms with Gasteiger partial charge in [0, 0.05) is 36.7 Å². The van der Waals surface area contributed by atoms with Gasteiger partial charge < -0.3 is 18.9 Å². The lowest BCUT2D eigenvalue weighted by Gasteiger charge is -2.35. The van der Waals surface area contributed by atoms with Gasteiger partial charge in [-0.3, -0.25) is 0 Å². The van der Waals surface area contributed by atoms with E-state index in [9.17, 15) is 12.8 Å². The predicted octanol–water partition coefficient (Wildman–Crippen LogP) is 3.70. The van der Waals surface area contributed by atoms with Gasteiger partial charge in [-0.05, 0) is 37.3 Å². The molecule has 0 N–H and O–H groups in total. The number of hydrogen-bond acceptors (Lipinski definition) is 8. The van der Waals surface area contributed by atoms with Crippen molar-refractivity contribution >= 4 is 15.9 Å². The van der Waals surface area contributed by atoms with Crippen LogP contribution < -0.4 is 4.90 Å². The van der Waals surface area contributed by atoms with E-state index in [-0.39, 0.29) is 16.7 Å². The molecular weight excluding hydrogens is 437 g/mol. The average molecular weight is 468 g/mol. The number of ether oxygens (including phenoxy) is 2. The van der Waals surface area contributed by atoms with Crippen molar-refractivity contribution in [1.82, 2.24) is 10.1 Å². The summed E-state index contributed by atoms with van der Waals surface area (Å²) in [6.07, 6.45) is 3.39. The van der Waals surface area contributed by atoms with Gasteiger partial charge in [0.2, 0.25) is 0 Å². The molecule has 0 saturated carbocycles. The highest BCUT2D eigenvalue weighted by Gasteiger charge is 2.29. The summed E-state index contributed by atoms with van der Waals surface area (Å²) in [5, 5.41) is 4.04. The van der Waals surface area contributed by atoms with Crippen molar-refractivity contribution in [3.8, 4) is 0 Å². The van der Waals surface area contributed by atoms with Gasteiger partial charge in [-0.2, -0.15) is 4.98 Å². The first-order valence-corrected chi connectivity index (χ1v) is 12.9. The number of nitrogens with zero attached hydrogens (tertiary/aromatic N) is 3. The monoisotopic (exact) mass is 467 g/mol.